The largest absolute Gasteiger partial charge is 0.384 e. The van der Waals surface area contributed by atoms with Crippen LogP contribution >= 0.6 is 0 Å². The van der Waals surface area contributed by atoms with Gasteiger partial charge in [0.1, 0.15) is 5.84 Å². The van der Waals surface area contributed by atoms with Crippen molar-refractivity contribution in [3.63, 3.8) is 0 Å². The molecule has 1 aromatic heterocycles. The summed E-state index contributed by atoms with van der Waals surface area (Å²) in [5.74, 6) is 0.129. The van der Waals surface area contributed by atoms with Crippen molar-refractivity contribution in [2.75, 3.05) is 6.54 Å². The first-order valence-corrected chi connectivity index (χ1v) is 7.31. The highest BCUT2D eigenvalue weighted by molar-refractivity contribution is 5.98. The molecule has 20 heavy (non-hydrogen) atoms. The molecule has 1 aliphatic rings. The fourth-order valence-electron chi connectivity index (χ4n) is 3.12. The maximum Gasteiger partial charge on any atom is 0.122 e. The SMILES string of the molecule is Cn1c(CC[C@@H]2CCCN2)cc2ccc(C(=N)N)cc21. The molecule has 4 heteroatoms. The zero-order chi connectivity index (χ0) is 14.1. The summed E-state index contributed by atoms with van der Waals surface area (Å²) in [5.41, 5.74) is 8.88. The molecule has 0 amide bonds. The summed E-state index contributed by atoms with van der Waals surface area (Å²) < 4.78 is 2.23. The van der Waals surface area contributed by atoms with Crippen molar-refractivity contribution < 1.29 is 0 Å². The molecule has 3 rings (SSSR count). The third kappa shape index (κ3) is 2.43. The molecular weight excluding hydrogens is 248 g/mol. The zero-order valence-corrected chi connectivity index (χ0v) is 11.9. The van der Waals surface area contributed by atoms with Crippen LogP contribution in [0.3, 0.4) is 0 Å². The molecule has 0 unspecified atom stereocenters. The van der Waals surface area contributed by atoms with Gasteiger partial charge in [-0.05, 0) is 49.7 Å². The first-order chi connectivity index (χ1) is 9.65. The number of nitrogens with one attached hydrogen (secondary N) is 2. The first kappa shape index (κ1) is 13.2. The predicted octanol–water partition coefficient (Wildman–Crippen LogP) is 2.15. The van der Waals surface area contributed by atoms with Crippen molar-refractivity contribution in [2.45, 2.75) is 31.7 Å². The third-order valence-electron chi connectivity index (χ3n) is 4.37. The van der Waals surface area contributed by atoms with E-state index in [1.54, 1.807) is 0 Å². The maximum absolute atomic E-state index is 7.54. The molecule has 1 aromatic carbocycles. The average molecular weight is 270 g/mol. The summed E-state index contributed by atoms with van der Waals surface area (Å²) >= 11 is 0. The van der Waals surface area contributed by atoms with Crippen molar-refractivity contribution in [1.29, 1.82) is 5.41 Å². The Hall–Kier alpha value is -1.81. The van der Waals surface area contributed by atoms with Crippen LogP contribution in [-0.4, -0.2) is 23.0 Å². The summed E-state index contributed by atoms with van der Waals surface area (Å²) in [5, 5.41) is 12.3. The lowest BCUT2D eigenvalue weighted by molar-refractivity contribution is 0.551. The van der Waals surface area contributed by atoms with Crippen molar-refractivity contribution in [1.82, 2.24) is 9.88 Å². The smallest absolute Gasteiger partial charge is 0.122 e. The van der Waals surface area contributed by atoms with Crippen LogP contribution in [-0.2, 0) is 13.5 Å². The van der Waals surface area contributed by atoms with Crippen molar-refractivity contribution in [3.05, 3.63) is 35.5 Å². The Labute approximate surface area is 119 Å². The number of aryl methyl sites for hydroxylation is 2. The molecule has 0 aliphatic carbocycles. The van der Waals surface area contributed by atoms with Gasteiger partial charge >= 0.3 is 0 Å². The van der Waals surface area contributed by atoms with Gasteiger partial charge in [0, 0.05) is 29.9 Å². The molecule has 1 fully saturated rings. The normalized spacial score (nSPS) is 18.8. The Bertz CT molecular complexity index is 635. The molecule has 0 spiro atoms. The molecule has 106 valence electrons. The van der Waals surface area contributed by atoms with Crippen LogP contribution < -0.4 is 11.1 Å². The van der Waals surface area contributed by atoms with Gasteiger partial charge < -0.3 is 15.6 Å². The molecule has 0 bridgehead atoms. The molecule has 1 saturated heterocycles. The lowest BCUT2D eigenvalue weighted by Gasteiger charge is -2.10. The van der Waals surface area contributed by atoms with E-state index in [-0.39, 0.29) is 5.84 Å². The standard InChI is InChI=1S/C16H22N4/c1-20-14(7-6-13-3-2-8-19-13)9-11-4-5-12(16(17)18)10-15(11)20/h4-5,9-10,13,19H,2-3,6-8H2,1H3,(H3,17,18)/t13-/m0/s1. The minimum Gasteiger partial charge on any atom is -0.384 e. The second-order valence-electron chi connectivity index (χ2n) is 5.71. The quantitative estimate of drug-likeness (QED) is 0.588. The van der Waals surface area contributed by atoms with E-state index in [1.165, 1.54) is 36.9 Å². The zero-order valence-electron chi connectivity index (χ0n) is 11.9. The van der Waals surface area contributed by atoms with E-state index in [2.05, 4.69) is 29.1 Å². The molecule has 2 aromatic rings. The minimum atomic E-state index is 0.129. The Morgan fingerprint density at radius 3 is 3.00 bits per heavy atom. The van der Waals surface area contributed by atoms with Crippen LogP contribution in [0.1, 0.15) is 30.5 Å². The first-order valence-electron chi connectivity index (χ1n) is 7.31. The molecule has 4 N–H and O–H groups in total. The Balaban J connectivity index is 1.84. The Morgan fingerprint density at radius 1 is 1.45 bits per heavy atom. The van der Waals surface area contributed by atoms with Crippen LogP contribution in [0.4, 0.5) is 0 Å². The van der Waals surface area contributed by atoms with E-state index >= 15 is 0 Å². The van der Waals surface area contributed by atoms with Gasteiger partial charge in [-0.15, -0.1) is 0 Å². The van der Waals surface area contributed by atoms with E-state index < -0.39 is 0 Å². The van der Waals surface area contributed by atoms with Crippen LogP contribution in [0, 0.1) is 5.41 Å². The van der Waals surface area contributed by atoms with Gasteiger partial charge in [0.25, 0.3) is 0 Å². The minimum absolute atomic E-state index is 0.129. The molecule has 0 radical (unpaired) electrons. The number of aromatic nitrogens is 1. The van der Waals surface area contributed by atoms with Crippen LogP contribution in [0.2, 0.25) is 0 Å². The summed E-state index contributed by atoms with van der Waals surface area (Å²) in [6, 6.07) is 8.93. The Morgan fingerprint density at radius 2 is 2.30 bits per heavy atom. The summed E-state index contributed by atoms with van der Waals surface area (Å²) in [6.45, 7) is 1.17. The predicted molar refractivity (Wildman–Crippen MR) is 83.3 cm³/mol. The second kappa shape index (κ2) is 5.29. The van der Waals surface area contributed by atoms with E-state index in [1.807, 2.05) is 12.1 Å². The number of hydrogen-bond donors (Lipinski definition) is 3. The number of nitrogens with zero attached hydrogens (tertiary/aromatic N) is 1. The molecule has 1 atom stereocenters. The maximum atomic E-state index is 7.54. The Kier molecular flexibility index (Phi) is 3.49. The van der Waals surface area contributed by atoms with Crippen LogP contribution in [0.15, 0.2) is 24.3 Å². The monoisotopic (exact) mass is 270 g/mol. The number of nitrogens with two attached hydrogens (primary N) is 1. The molecule has 4 nitrogen and oxygen atoms in total. The summed E-state index contributed by atoms with van der Waals surface area (Å²) in [4.78, 5) is 0. The highest BCUT2D eigenvalue weighted by Gasteiger charge is 2.15. The third-order valence-corrected chi connectivity index (χ3v) is 4.37. The molecule has 0 saturated carbocycles. The van der Waals surface area contributed by atoms with Gasteiger partial charge in [-0.25, -0.2) is 0 Å². The number of nitrogen functional groups attached to an aromatic ring is 1. The van der Waals surface area contributed by atoms with Gasteiger partial charge in [0.2, 0.25) is 0 Å². The molecule has 1 aliphatic heterocycles. The number of amidine groups is 1. The van der Waals surface area contributed by atoms with Gasteiger partial charge in [0.05, 0.1) is 0 Å². The van der Waals surface area contributed by atoms with Gasteiger partial charge in [-0.3, -0.25) is 5.41 Å². The van der Waals surface area contributed by atoms with Crippen LogP contribution in [0.5, 0.6) is 0 Å². The van der Waals surface area contributed by atoms with E-state index in [0.29, 0.717) is 6.04 Å². The average Bonchev–Trinajstić information content (AvgIpc) is 3.05. The summed E-state index contributed by atoms with van der Waals surface area (Å²) in [6.07, 6.45) is 4.90. The topological polar surface area (TPSA) is 66.8 Å². The highest BCUT2D eigenvalue weighted by atomic mass is 15.0. The number of rotatable bonds is 4. The second-order valence-corrected chi connectivity index (χ2v) is 5.71. The number of benzene rings is 1. The number of fused-ring (bicyclic) bond motifs is 1. The highest BCUT2D eigenvalue weighted by Crippen LogP contribution is 2.22. The fourth-order valence-corrected chi connectivity index (χ4v) is 3.12. The van der Waals surface area contributed by atoms with Gasteiger partial charge in [-0.2, -0.15) is 0 Å². The van der Waals surface area contributed by atoms with Crippen molar-refractivity contribution in [3.8, 4) is 0 Å². The molecular formula is C16H22N4. The van der Waals surface area contributed by atoms with Gasteiger partial charge in [0.15, 0.2) is 0 Å². The van der Waals surface area contributed by atoms with Crippen LogP contribution in [0.25, 0.3) is 10.9 Å². The lowest BCUT2D eigenvalue weighted by Crippen LogP contribution is -2.22. The molecule has 2 heterocycles. The number of hydrogen-bond acceptors (Lipinski definition) is 2. The van der Waals surface area contributed by atoms with E-state index in [0.717, 1.165) is 17.5 Å². The van der Waals surface area contributed by atoms with E-state index in [4.69, 9.17) is 11.1 Å². The lowest BCUT2D eigenvalue weighted by atomic mass is 10.1. The fraction of sp³-hybridized carbons (Fsp3) is 0.438. The van der Waals surface area contributed by atoms with Crippen molar-refractivity contribution in [2.24, 2.45) is 12.8 Å². The summed E-state index contributed by atoms with van der Waals surface area (Å²) in [7, 11) is 2.10. The van der Waals surface area contributed by atoms with Crippen molar-refractivity contribution >= 4 is 16.7 Å². The van der Waals surface area contributed by atoms with E-state index in [9.17, 15) is 0 Å². The van der Waals surface area contributed by atoms with Gasteiger partial charge in [-0.1, -0.05) is 12.1 Å².